The zero-order valence-corrected chi connectivity index (χ0v) is 13.1. The van der Waals surface area contributed by atoms with Crippen molar-refractivity contribution in [3.8, 4) is 0 Å². The van der Waals surface area contributed by atoms with Crippen molar-refractivity contribution in [3.63, 3.8) is 0 Å². The third-order valence-electron chi connectivity index (χ3n) is 4.73. The summed E-state index contributed by atoms with van der Waals surface area (Å²) in [7, 11) is 1.98. The molecule has 0 spiro atoms. The fourth-order valence-corrected chi connectivity index (χ4v) is 3.63. The first kappa shape index (κ1) is 13.6. The van der Waals surface area contributed by atoms with Crippen LogP contribution in [0.25, 0.3) is 11.0 Å². The number of benzene rings is 1. The van der Waals surface area contributed by atoms with E-state index in [9.17, 15) is 0 Å². The fraction of sp³-hybridized carbons (Fsp3) is 0.389. The average Bonchev–Trinajstić information content (AvgIpc) is 3.20. The number of hydrogen-bond acceptors (Lipinski definition) is 3. The van der Waals surface area contributed by atoms with Crippen molar-refractivity contribution in [1.29, 1.82) is 0 Å². The number of furan rings is 1. The van der Waals surface area contributed by atoms with E-state index in [0.29, 0.717) is 6.04 Å². The molecular weight excluding hydrogens is 274 g/mol. The summed E-state index contributed by atoms with van der Waals surface area (Å²) < 4.78 is 7.80. The maximum Gasteiger partial charge on any atom is 0.134 e. The highest BCUT2D eigenvalue weighted by Gasteiger charge is 2.28. The molecule has 0 amide bonds. The predicted molar refractivity (Wildman–Crippen MR) is 86.5 cm³/mol. The Morgan fingerprint density at radius 3 is 3.00 bits per heavy atom. The lowest BCUT2D eigenvalue weighted by atomic mass is 10.1. The predicted octanol–water partition coefficient (Wildman–Crippen LogP) is 3.81. The first-order valence-electron chi connectivity index (χ1n) is 7.92. The number of fused-ring (bicyclic) bond motifs is 1. The van der Waals surface area contributed by atoms with Gasteiger partial charge in [-0.1, -0.05) is 18.2 Å². The number of hydrogen-bond donors (Lipinski definition) is 0. The van der Waals surface area contributed by atoms with Crippen LogP contribution in [0.15, 0.2) is 41.1 Å². The molecule has 1 fully saturated rings. The van der Waals surface area contributed by atoms with Crippen LogP contribution in [0, 0.1) is 6.92 Å². The molecule has 1 aliphatic rings. The molecule has 4 rings (SSSR count). The van der Waals surface area contributed by atoms with Gasteiger partial charge in [0.05, 0.1) is 6.20 Å². The summed E-state index contributed by atoms with van der Waals surface area (Å²) in [4.78, 5) is 2.56. The van der Waals surface area contributed by atoms with E-state index in [1.807, 2.05) is 24.0 Å². The lowest BCUT2D eigenvalue weighted by molar-refractivity contribution is 0.247. The van der Waals surface area contributed by atoms with E-state index in [4.69, 9.17) is 4.42 Å². The third kappa shape index (κ3) is 2.24. The molecule has 0 saturated carbocycles. The number of likely N-dealkylation sites (tertiary alicyclic amines) is 1. The van der Waals surface area contributed by atoms with Gasteiger partial charge in [0.1, 0.15) is 11.3 Å². The topological polar surface area (TPSA) is 34.2 Å². The molecule has 1 atom stereocenters. The maximum absolute atomic E-state index is 5.91. The minimum atomic E-state index is 0.474. The number of para-hydroxylation sites is 1. The van der Waals surface area contributed by atoms with Crippen LogP contribution in [0.4, 0.5) is 0 Å². The minimum Gasteiger partial charge on any atom is -0.461 e. The van der Waals surface area contributed by atoms with Crippen molar-refractivity contribution in [2.45, 2.75) is 32.4 Å². The molecule has 0 aliphatic carbocycles. The summed E-state index contributed by atoms with van der Waals surface area (Å²) >= 11 is 0. The highest BCUT2D eigenvalue weighted by atomic mass is 16.3. The summed E-state index contributed by atoms with van der Waals surface area (Å²) in [6, 6.07) is 8.80. The monoisotopic (exact) mass is 295 g/mol. The van der Waals surface area contributed by atoms with Crippen molar-refractivity contribution in [2.75, 3.05) is 6.54 Å². The molecule has 1 saturated heterocycles. The largest absolute Gasteiger partial charge is 0.461 e. The van der Waals surface area contributed by atoms with Gasteiger partial charge < -0.3 is 4.42 Å². The van der Waals surface area contributed by atoms with E-state index in [2.05, 4.69) is 41.3 Å². The lowest BCUT2D eigenvalue weighted by Crippen LogP contribution is -2.22. The van der Waals surface area contributed by atoms with Gasteiger partial charge in [0.25, 0.3) is 0 Å². The standard InChI is InChI=1S/C18H21N3O/c1-13-16(15-6-3-4-8-18(15)22-13)12-21-9-5-7-17(21)14-10-19-20(2)11-14/h3-4,6,8,10-11,17H,5,7,9,12H2,1-2H3. The van der Waals surface area contributed by atoms with E-state index in [0.717, 1.165) is 24.4 Å². The van der Waals surface area contributed by atoms with Crippen LogP contribution in [0.3, 0.4) is 0 Å². The second kappa shape index (κ2) is 5.29. The highest BCUT2D eigenvalue weighted by molar-refractivity contribution is 5.82. The zero-order valence-electron chi connectivity index (χ0n) is 13.1. The van der Waals surface area contributed by atoms with Crippen LogP contribution in [-0.4, -0.2) is 21.2 Å². The Labute approximate surface area is 130 Å². The van der Waals surface area contributed by atoms with Gasteiger partial charge in [-0.15, -0.1) is 0 Å². The Morgan fingerprint density at radius 1 is 1.32 bits per heavy atom. The fourth-order valence-electron chi connectivity index (χ4n) is 3.63. The minimum absolute atomic E-state index is 0.474. The molecule has 0 bridgehead atoms. The van der Waals surface area contributed by atoms with Gasteiger partial charge >= 0.3 is 0 Å². The molecule has 22 heavy (non-hydrogen) atoms. The van der Waals surface area contributed by atoms with Crippen molar-refractivity contribution < 1.29 is 4.42 Å². The zero-order chi connectivity index (χ0) is 15.1. The molecule has 2 aromatic heterocycles. The molecule has 4 heteroatoms. The Balaban J connectivity index is 1.65. The molecule has 1 aromatic carbocycles. The third-order valence-corrected chi connectivity index (χ3v) is 4.73. The van der Waals surface area contributed by atoms with Crippen LogP contribution in [0.5, 0.6) is 0 Å². The van der Waals surface area contributed by atoms with Gasteiger partial charge in [0.15, 0.2) is 0 Å². The van der Waals surface area contributed by atoms with Crippen molar-refractivity contribution in [1.82, 2.24) is 14.7 Å². The normalized spacial score (nSPS) is 19.3. The van der Waals surface area contributed by atoms with Gasteiger partial charge in [-0.25, -0.2) is 0 Å². The number of rotatable bonds is 3. The van der Waals surface area contributed by atoms with Gasteiger partial charge in [-0.3, -0.25) is 9.58 Å². The van der Waals surface area contributed by atoms with Crippen molar-refractivity contribution in [2.24, 2.45) is 7.05 Å². The second-order valence-electron chi connectivity index (χ2n) is 6.21. The lowest BCUT2D eigenvalue weighted by Gasteiger charge is -2.23. The Morgan fingerprint density at radius 2 is 2.18 bits per heavy atom. The molecule has 3 heterocycles. The molecule has 3 aromatic rings. The summed E-state index contributed by atoms with van der Waals surface area (Å²) in [5, 5.41) is 5.58. The van der Waals surface area contributed by atoms with Crippen LogP contribution in [-0.2, 0) is 13.6 Å². The second-order valence-corrected chi connectivity index (χ2v) is 6.21. The molecular formula is C18H21N3O. The van der Waals surface area contributed by atoms with E-state index >= 15 is 0 Å². The summed E-state index contributed by atoms with van der Waals surface area (Å²) in [5.41, 5.74) is 3.64. The SMILES string of the molecule is Cc1oc2ccccc2c1CN1CCCC1c1cnn(C)c1. The first-order valence-corrected chi connectivity index (χ1v) is 7.92. The molecule has 0 radical (unpaired) electrons. The smallest absolute Gasteiger partial charge is 0.134 e. The molecule has 1 aliphatic heterocycles. The van der Waals surface area contributed by atoms with E-state index in [1.165, 1.54) is 29.4 Å². The molecule has 0 N–H and O–H groups in total. The highest BCUT2D eigenvalue weighted by Crippen LogP contribution is 2.35. The van der Waals surface area contributed by atoms with Gasteiger partial charge in [-0.05, 0) is 32.4 Å². The molecule has 4 nitrogen and oxygen atoms in total. The van der Waals surface area contributed by atoms with Gasteiger partial charge in [0.2, 0.25) is 0 Å². The summed E-state index contributed by atoms with van der Waals surface area (Å²) in [6.07, 6.45) is 6.60. The van der Waals surface area contributed by atoms with Crippen molar-refractivity contribution in [3.05, 3.63) is 53.5 Å². The van der Waals surface area contributed by atoms with Crippen molar-refractivity contribution >= 4 is 11.0 Å². The molecule has 114 valence electrons. The van der Waals surface area contributed by atoms with Crippen LogP contribution in [0.2, 0.25) is 0 Å². The van der Waals surface area contributed by atoms with E-state index in [1.54, 1.807) is 0 Å². The number of aromatic nitrogens is 2. The van der Waals surface area contributed by atoms with Crippen LogP contribution < -0.4 is 0 Å². The Kier molecular flexibility index (Phi) is 3.26. The average molecular weight is 295 g/mol. The quantitative estimate of drug-likeness (QED) is 0.737. The van der Waals surface area contributed by atoms with E-state index in [-0.39, 0.29) is 0 Å². The first-order chi connectivity index (χ1) is 10.7. The number of nitrogens with zero attached hydrogens (tertiary/aromatic N) is 3. The van der Waals surface area contributed by atoms with E-state index < -0.39 is 0 Å². The number of aryl methyl sites for hydroxylation is 2. The summed E-state index contributed by atoms with van der Waals surface area (Å²) in [5.74, 6) is 1.04. The summed E-state index contributed by atoms with van der Waals surface area (Å²) in [6.45, 7) is 4.16. The van der Waals surface area contributed by atoms with Crippen LogP contribution >= 0.6 is 0 Å². The van der Waals surface area contributed by atoms with Gasteiger partial charge in [0, 0.05) is 42.3 Å². The maximum atomic E-state index is 5.91. The molecule has 1 unspecified atom stereocenters. The van der Waals surface area contributed by atoms with Gasteiger partial charge in [-0.2, -0.15) is 5.10 Å². The Bertz CT molecular complexity index is 802. The Hall–Kier alpha value is -2.07. The van der Waals surface area contributed by atoms with Crippen LogP contribution in [0.1, 0.15) is 35.8 Å².